The molecule has 0 radical (unpaired) electrons. The SMILES string of the molecule is Cc1nnc(N2CCC(C(N)=O)C2)c(C(N)=S)c1C. The summed E-state index contributed by atoms with van der Waals surface area (Å²) < 4.78 is 0. The van der Waals surface area contributed by atoms with Gasteiger partial charge in [0.25, 0.3) is 0 Å². The van der Waals surface area contributed by atoms with Crippen molar-refractivity contribution in [3.8, 4) is 0 Å². The average molecular weight is 279 g/mol. The number of nitrogens with two attached hydrogens (primary N) is 2. The van der Waals surface area contributed by atoms with Crippen LogP contribution in [0.15, 0.2) is 0 Å². The second-order valence-electron chi connectivity index (χ2n) is 4.81. The van der Waals surface area contributed by atoms with Crippen molar-refractivity contribution in [2.45, 2.75) is 20.3 Å². The summed E-state index contributed by atoms with van der Waals surface area (Å²) in [7, 11) is 0. The van der Waals surface area contributed by atoms with Crippen molar-refractivity contribution in [1.29, 1.82) is 0 Å². The summed E-state index contributed by atoms with van der Waals surface area (Å²) in [4.78, 5) is 13.5. The van der Waals surface area contributed by atoms with Crippen LogP contribution in [0.4, 0.5) is 5.82 Å². The van der Waals surface area contributed by atoms with Gasteiger partial charge in [-0.15, -0.1) is 5.10 Å². The smallest absolute Gasteiger partial charge is 0.222 e. The minimum atomic E-state index is -0.281. The number of hydrogen-bond donors (Lipinski definition) is 2. The monoisotopic (exact) mass is 279 g/mol. The molecule has 1 aliphatic rings. The van der Waals surface area contributed by atoms with E-state index < -0.39 is 0 Å². The van der Waals surface area contributed by atoms with Gasteiger partial charge in [0.15, 0.2) is 5.82 Å². The number of amides is 1. The number of nitrogens with zero attached hydrogens (tertiary/aromatic N) is 3. The van der Waals surface area contributed by atoms with Crippen LogP contribution in [0.25, 0.3) is 0 Å². The molecule has 7 heteroatoms. The van der Waals surface area contributed by atoms with Gasteiger partial charge in [-0.25, -0.2) is 0 Å². The summed E-state index contributed by atoms with van der Waals surface area (Å²) in [6.07, 6.45) is 0.723. The Morgan fingerprint density at radius 2 is 2.05 bits per heavy atom. The highest BCUT2D eigenvalue weighted by Gasteiger charge is 2.30. The molecule has 0 saturated carbocycles. The summed E-state index contributed by atoms with van der Waals surface area (Å²) in [5.41, 5.74) is 13.6. The third-order valence-corrected chi connectivity index (χ3v) is 3.78. The van der Waals surface area contributed by atoms with E-state index in [0.717, 1.165) is 23.2 Å². The van der Waals surface area contributed by atoms with Gasteiger partial charge in [0.2, 0.25) is 5.91 Å². The molecule has 1 aliphatic heterocycles. The minimum absolute atomic E-state index is 0.150. The molecule has 2 rings (SSSR count). The van der Waals surface area contributed by atoms with Gasteiger partial charge in [0.05, 0.1) is 17.2 Å². The lowest BCUT2D eigenvalue weighted by atomic mass is 10.1. The van der Waals surface area contributed by atoms with E-state index in [9.17, 15) is 4.79 Å². The van der Waals surface area contributed by atoms with Crippen LogP contribution in [0.5, 0.6) is 0 Å². The highest BCUT2D eigenvalue weighted by Crippen LogP contribution is 2.27. The largest absolute Gasteiger partial charge is 0.389 e. The van der Waals surface area contributed by atoms with Crippen LogP contribution >= 0.6 is 12.2 Å². The highest BCUT2D eigenvalue weighted by molar-refractivity contribution is 7.80. The zero-order valence-electron chi connectivity index (χ0n) is 11.0. The average Bonchev–Trinajstić information content (AvgIpc) is 2.81. The quantitative estimate of drug-likeness (QED) is 0.758. The summed E-state index contributed by atoms with van der Waals surface area (Å²) in [6.45, 7) is 5.04. The fourth-order valence-electron chi connectivity index (χ4n) is 2.30. The molecule has 0 spiro atoms. The van der Waals surface area contributed by atoms with Gasteiger partial charge in [0.1, 0.15) is 4.99 Å². The molecule has 0 aliphatic carbocycles. The number of primary amides is 1. The third kappa shape index (κ3) is 2.51. The maximum absolute atomic E-state index is 11.2. The summed E-state index contributed by atoms with van der Waals surface area (Å²) in [5.74, 6) is 0.220. The van der Waals surface area contributed by atoms with E-state index >= 15 is 0 Å². The van der Waals surface area contributed by atoms with Crippen LogP contribution < -0.4 is 16.4 Å². The molecule has 1 saturated heterocycles. The zero-order valence-corrected chi connectivity index (χ0v) is 11.8. The molecular weight excluding hydrogens is 262 g/mol. The molecule has 1 aromatic heterocycles. The maximum atomic E-state index is 11.2. The number of aryl methyl sites for hydroxylation is 1. The van der Waals surface area contributed by atoms with Crippen molar-refractivity contribution in [3.05, 3.63) is 16.8 Å². The van der Waals surface area contributed by atoms with Crippen LogP contribution in [0.1, 0.15) is 23.2 Å². The number of carbonyl (C=O) groups is 1. The van der Waals surface area contributed by atoms with Crippen molar-refractivity contribution >= 4 is 28.9 Å². The first kappa shape index (κ1) is 13.7. The fraction of sp³-hybridized carbons (Fsp3) is 0.500. The Balaban J connectivity index is 2.39. The number of carbonyl (C=O) groups excluding carboxylic acids is 1. The van der Waals surface area contributed by atoms with E-state index in [-0.39, 0.29) is 11.8 Å². The first-order valence-corrected chi connectivity index (χ1v) is 6.50. The minimum Gasteiger partial charge on any atom is -0.389 e. The first-order valence-electron chi connectivity index (χ1n) is 6.09. The molecule has 19 heavy (non-hydrogen) atoms. The molecule has 1 amide bonds. The Kier molecular flexibility index (Phi) is 3.66. The van der Waals surface area contributed by atoms with E-state index in [1.807, 2.05) is 18.7 Å². The van der Waals surface area contributed by atoms with Crippen LogP contribution in [-0.2, 0) is 4.79 Å². The lowest BCUT2D eigenvalue weighted by molar-refractivity contribution is -0.121. The van der Waals surface area contributed by atoms with Crippen molar-refractivity contribution in [3.63, 3.8) is 0 Å². The summed E-state index contributed by atoms with van der Waals surface area (Å²) >= 11 is 5.10. The van der Waals surface area contributed by atoms with E-state index in [4.69, 9.17) is 23.7 Å². The molecule has 2 heterocycles. The highest BCUT2D eigenvalue weighted by atomic mass is 32.1. The van der Waals surface area contributed by atoms with Gasteiger partial charge >= 0.3 is 0 Å². The van der Waals surface area contributed by atoms with Gasteiger partial charge < -0.3 is 16.4 Å². The predicted molar refractivity (Wildman–Crippen MR) is 76.9 cm³/mol. The van der Waals surface area contributed by atoms with Crippen molar-refractivity contribution in [2.24, 2.45) is 17.4 Å². The van der Waals surface area contributed by atoms with Crippen LogP contribution in [0, 0.1) is 19.8 Å². The Bertz CT molecular complexity index is 545. The molecule has 0 aromatic carbocycles. The van der Waals surface area contributed by atoms with Crippen LogP contribution in [0.2, 0.25) is 0 Å². The van der Waals surface area contributed by atoms with Crippen molar-refractivity contribution < 1.29 is 4.79 Å². The van der Waals surface area contributed by atoms with Crippen LogP contribution in [-0.4, -0.2) is 34.2 Å². The van der Waals surface area contributed by atoms with E-state index in [0.29, 0.717) is 23.9 Å². The third-order valence-electron chi connectivity index (χ3n) is 3.57. The second-order valence-corrected chi connectivity index (χ2v) is 5.25. The Labute approximate surface area is 117 Å². The van der Waals surface area contributed by atoms with Gasteiger partial charge in [-0.1, -0.05) is 12.2 Å². The molecule has 1 aromatic rings. The maximum Gasteiger partial charge on any atom is 0.222 e. The van der Waals surface area contributed by atoms with Crippen molar-refractivity contribution in [1.82, 2.24) is 10.2 Å². The molecule has 0 bridgehead atoms. The Hall–Kier alpha value is -1.76. The second kappa shape index (κ2) is 5.08. The molecular formula is C12H17N5OS. The van der Waals surface area contributed by atoms with Gasteiger partial charge in [-0.2, -0.15) is 5.10 Å². The van der Waals surface area contributed by atoms with Gasteiger partial charge in [-0.05, 0) is 25.8 Å². The molecule has 1 fully saturated rings. The lowest BCUT2D eigenvalue weighted by Gasteiger charge is -2.21. The number of rotatable bonds is 3. The number of thiocarbonyl (C=S) groups is 1. The molecule has 1 atom stereocenters. The summed E-state index contributed by atoms with van der Waals surface area (Å²) in [5, 5.41) is 8.31. The van der Waals surface area contributed by atoms with E-state index in [1.54, 1.807) is 0 Å². The Morgan fingerprint density at radius 1 is 1.37 bits per heavy atom. The number of aromatic nitrogens is 2. The standard InChI is InChI=1S/C12H17N5OS/c1-6-7(2)15-16-12(9(6)11(14)19)17-4-3-8(5-17)10(13)18/h8H,3-5H2,1-2H3,(H2,13,18)(H2,14,19). The Morgan fingerprint density at radius 3 is 2.58 bits per heavy atom. The van der Waals surface area contributed by atoms with Crippen LogP contribution in [0.3, 0.4) is 0 Å². The van der Waals surface area contributed by atoms with E-state index in [2.05, 4.69) is 10.2 Å². The molecule has 1 unspecified atom stereocenters. The molecule has 6 nitrogen and oxygen atoms in total. The number of anilines is 1. The normalized spacial score (nSPS) is 18.6. The molecule has 102 valence electrons. The van der Waals surface area contributed by atoms with Crippen molar-refractivity contribution in [2.75, 3.05) is 18.0 Å². The topological polar surface area (TPSA) is 98.1 Å². The number of hydrogen-bond acceptors (Lipinski definition) is 5. The van der Waals surface area contributed by atoms with Gasteiger partial charge in [0, 0.05) is 13.1 Å². The lowest BCUT2D eigenvalue weighted by Crippen LogP contribution is -2.30. The predicted octanol–water partition coefficient (Wildman–Crippen LogP) is 0.0392. The van der Waals surface area contributed by atoms with E-state index in [1.165, 1.54) is 0 Å². The zero-order chi connectivity index (χ0) is 14.2. The fourth-order valence-corrected chi connectivity index (χ4v) is 2.54. The first-order chi connectivity index (χ1) is 8.91. The molecule has 4 N–H and O–H groups in total. The summed E-state index contributed by atoms with van der Waals surface area (Å²) in [6, 6.07) is 0. The van der Waals surface area contributed by atoms with Gasteiger partial charge in [-0.3, -0.25) is 4.79 Å².